The molecule has 0 fully saturated rings. The Morgan fingerprint density at radius 2 is 1.35 bits per heavy atom. The minimum Gasteiger partial charge on any atom is -0.481 e. The van der Waals surface area contributed by atoms with Gasteiger partial charge in [0.25, 0.3) is 0 Å². The van der Waals surface area contributed by atoms with Gasteiger partial charge in [0.1, 0.15) is 0 Å². The van der Waals surface area contributed by atoms with Gasteiger partial charge in [-0.1, -0.05) is 56.2 Å². The van der Waals surface area contributed by atoms with Crippen LogP contribution >= 0.6 is 0 Å². The lowest BCUT2D eigenvalue weighted by atomic mass is 10.1. The molecule has 0 aliphatic carbocycles. The molecule has 1 N–H and O–H groups in total. The van der Waals surface area contributed by atoms with Gasteiger partial charge in [0.05, 0.1) is 10.6 Å². The Morgan fingerprint density at radius 3 is 1.87 bits per heavy atom. The Kier molecular flexibility index (Phi) is 8.92. The molecule has 23 heavy (non-hydrogen) atoms. The second-order valence-electron chi connectivity index (χ2n) is 6.10. The number of aryl methyl sites for hydroxylation is 1. The van der Waals surface area contributed by atoms with Gasteiger partial charge in [-0.2, -0.15) is 0 Å². The van der Waals surface area contributed by atoms with Crippen LogP contribution in [0.25, 0.3) is 0 Å². The van der Waals surface area contributed by atoms with Gasteiger partial charge in [0, 0.05) is 6.42 Å². The van der Waals surface area contributed by atoms with E-state index in [9.17, 15) is 13.2 Å². The first kappa shape index (κ1) is 19.7. The van der Waals surface area contributed by atoms with Gasteiger partial charge in [0.15, 0.2) is 9.84 Å². The first-order chi connectivity index (χ1) is 10.9. The molecule has 1 aromatic carbocycles. The van der Waals surface area contributed by atoms with E-state index in [4.69, 9.17) is 5.11 Å². The summed E-state index contributed by atoms with van der Waals surface area (Å²) in [4.78, 5) is 10.8. The van der Waals surface area contributed by atoms with Crippen molar-refractivity contribution < 1.29 is 18.3 Å². The van der Waals surface area contributed by atoms with Crippen LogP contribution < -0.4 is 0 Å². The molecule has 130 valence electrons. The summed E-state index contributed by atoms with van der Waals surface area (Å²) in [5.74, 6) is -0.505. The van der Waals surface area contributed by atoms with Crippen molar-refractivity contribution in [3.8, 4) is 0 Å². The molecule has 0 aliphatic rings. The van der Waals surface area contributed by atoms with Gasteiger partial charge in [-0.3, -0.25) is 4.79 Å². The molecule has 0 atom stereocenters. The van der Waals surface area contributed by atoms with Crippen molar-refractivity contribution in [3.63, 3.8) is 0 Å². The molecule has 1 rings (SSSR count). The predicted octanol–water partition coefficient (Wildman–Crippen LogP) is 4.36. The van der Waals surface area contributed by atoms with E-state index in [1.54, 1.807) is 12.1 Å². The van der Waals surface area contributed by atoms with Crippen molar-refractivity contribution >= 4 is 15.8 Å². The normalized spacial score (nSPS) is 11.5. The third-order valence-electron chi connectivity index (χ3n) is 3.93. The van der Waals surface area contributed by atoms with Crippen molar-refractivity contribution in [1.82, 2.24) is 0 Å². The topological polar surface area (TPSA) is 71.4 Å². The minimum atomic E-state index is -3.15. The lowest BCUT2D eigenvalue weighted by molar-refractivity contribution is -0.137. The van der Waals surface area contributed by atoms with Crippen molar-refractivity contribution in [3.05, 3.63) is 29.8 Å². The molecule has 5 heteroatoms. The number of aliphatic carboxylic acids is 1. The average Bonchev–Trinajstić information content (AvgIpc) is 2.49. The highest BCUT2D eigenvalue weighted by molar-refractivity contribution is 7.91. The average molecular weight is 340 g/mol. The Bertz CT molecular complexity index is 561. The first-order valence-corrected chi connectivity index (χ1v) is 10.1. The van der Waals surface area contributed by atoms with Crippen LogP contribution in [-0.2, 0) is 14.6 Å². The third kappa shape index (κ3) is 8.74. The van der Waals surface area contributed by atoms with Crippen LogP contribution in [0.4, 0.5) is 0 Å². The third-order valence-corrected chi connectivity index (χ3v) is 5.75. The van der Waals surface area contributed by atoms with Crippen LogP contribution in [0.5, 0.6) is 0 Å². The highest BCUT2D eigenvalue weighted by Crippen LogP contribution is 2.15. The van der Waals surface area contributed by atoms with Gasteiger partial charge in [-0.25, -0.2) is 8.42 Å². The maximum atomic E-state index is 12.2. The summed E-state index contributed by atoms with van der Waals surface area (Å²) >= 11 is 0. The molecule has 0 saturated carbocycles. The summed E-state index contributed by atoms with van der Waals surface area (Å²) in [6.45, 7) is 1.94. The Labute approximate surface area is 139 Å². The smallest absolute Gasteiger partial charge is 0.303 e. The van der Waals surface area contributed by atoms with E-state index in [0.29, 0.717) is 11.3 Å². The lowest BCUT2D eigenvalue weighted by Gasteiger charge is -2.05. The molecule has 1 aromatic rings. The van der Waals surface area contributed by atoms with Crippen molar-refractivity contribution in [2.24, 2.45) is 0 Å². The van der Waals surface area contributed by atoms with E-state index < -0.39 is 15.8 Å². The molecule has 0 aromatic heterocycles. The van der Waals surface area contributed by atoms with Crippen LogP contribution in [0, 0.1) is 6.92 Å². The molecule has 4 nitrogen and oxygen atoms in total. The van der Waals surface area contributed by atoms with Gasteiger partial charge in [-0.15, -0.1) is 0 Å². The molecule has 0 unspecified atom stereocenters. The van der Waals surface area contributed by atoms with E-state index in [1.165, 1.54) is 0 Å². The summed E-state index contributed by atoms with van der Waals surface area (Å²) in [6, 6.07) is 7.03. The Morgan fingerprint density at radius 1 is 0.870 bits per heavy atom. The molecule has 0 saturated heterocycles. The van der Waals surface area contributed by atoms with Crippen LogP contribution in [0.2, 0.25) is 0 Å². The maximum Gasteiger partial charge on any atom is 0.303 e. The minimum absolute atomic E-state index is 0.217. The molecule has 0 spiro atoms. The molecule has 0 aliphatic heterocycles. The lowest BCUT2D eigenvalue weighted by Crippen LogP contribution is -2.06. The van der Waals surface area contributed by atoms with E-state index in [-0.39, 0.29) is 12.2 Å². The molecule has 0 heterocycles. The van der Waals surface area contributed by atoms with Gasteiger partial charge in [0.2, 0.25) is 0 Å². The molecule has 0 amide bonds. The highest BCUT2D eigenvalue weighted by atomic mass is 32.2. The Balaban J connectivity index is 2.08. The maximum absolute atomic E-state index is 12.2. The largest absolute Gasteiger partial charge is 0.481 e. The molecular weight excluding hydrogens is 312 g/mol. The number of sulfone groups is 1. The molecule has 0 radical (unpaired) electrons. The van der Waals surface area contributed by atoms with Crippen molar-refractivity contribution in [1.29, 1.82) is 0 Å². The van der Waals surface area contributed by atoms with Crippen molar-refractivity contribution in [2.75, 3.05) is 5.75 Å². The molecule has 0 bridgehead atoms. The van der Waals surface area contributed by atoms with Crippen molar-refractivity contribution in [2.45, 2.75) is 69.6 Å². The summed E-state index contributed by atoms with van der Waals surface area (Å²) < 4.78 is 24.3. The van der Waals surface area contributed by atoms with E-state index in [0.717, 1.165) is 50.5 Å². The van der Waals surface area contributed by atoms with Crippen LogP contribution in [0.3, 0.4) is 0 Å². The summed E-state index contributed by atoms with van der Waals surface area (Å²) in [5, 5.41) is 8.53. The quantitative estimate of drug-likeness (QED) is 0.574. The monoisotopic (exact) mass is 340 g/mol. The number of benzene rings is 1. The predicted molar refractivity (Wildman–Crippen MR) is 92.4 cm³/mol. The van der Waals surface area contributed by atoms with Crippen LogP contribution in [-0.4, -0.2) is 25.2 Å². The SMILES string of the molecule is Cc1ccc(S(=O)(=O)CCCCCCCCCCC(=O)O)cc1. The number of hydrogen-bond acceptors (Lipinski definition) is 3. The number of hydrogen-bond donors (Lipinski definition) is 1. The number of unbranched alkanes of at least 4 members (excludes halogenated alkanes) is 7. The van der Waals surface area contributed by atoms with E-state index in [2.05, 4.69) is 0 Å². The number of rotatable bonds is 12. The second kappa shape index (κ2) is 10.4. The fraction of sp³-hybridized carbons (Fsp3) is 0.611. The fourth-order valence-corrected chi connectivity index (χ4v) is 3.86. The van der Waals surface area contributed by atoms with Gasteiger partial charge >= 0.3 is 5.97 Å². The van der Waals surface area contributed by atoms with Crippen LogP contribution in [0.1, 0.15) is 63.4 Å². The zero-order chi connectivity index (χ0) is 17.1. The summed E-state index contributed by atoms with van der Waals surface area (Å²) in [7, 11) is -3.15. The fourth-order valence-electron chi connectivity index (χ4n) is 2.49. The van der Waals surface area contributed by atoms with Crippen LogP contribution in [0.15, 0.2) is 29.2 Å². The summed E-state index contributed by atoms with van der Waals surface area (Å²) in [6.07, 6.45) is 7.92. The number of carboxylic acid groups (broad SMARTS) is 1. The zero-order valence-electron chi connectivity index (χ0n) is 14.0. The molecular formula is C18H28O4S. The highest BCUT2D eigenvalue weighted by Gasteiger charge is 2.13. The zero-order valence-corrected chi connectivity index (χ0v) is 14.8. The van der Waals surface area contributed by atoms with Gasteiger partial charge in [-0.05, 0) is 31.9 Å². The number of carboxylic acids is 1. The van der Waals surface area contributed by atoms with E-state index >= 15 is 0 Å². The standard InChI is InChI=1S/C18H28O4S/c1-16-11-13-17(14-12-16)23(21,22)15-9-7-5-3-2-4-6-8-10-18(19)20/h11-14H,2-10,15H2,1H3,(H,19,20). The number of carbonyl (C=O) groups is 1. The second-order valence-corrected chi connectivity index (χ2v) is 8.21. The van der Waals surface area contributed by atoms with E-state index in [1.807, 2.05) is 19.1 Å². The van der Waals surface area contributed by atoms with Gasteiger partial charge < -0.3 is 5.11 Å². The summed E-state index contributed by atoms with van der Waals surface area (Å²) in [5.41, 5.74) is 1.06. The Hall–Kier alpha value is -1.36. The first-order valence-electron chi connectivity index (χ1n) is 8.43.